The first-order valence-corrected chi connectivity index (χ1v) is 11.4. The van der Waals surface area contributed by atoms with E-state index in [1.54, 1.807) is 6.08 Å². The molecule has 2 heterocycles. The highest BCUT2D eigenvalue weighted by atomic mass is 16.6. The van der Waals surface area contributed by atoms with Crippen LogP contribution in [-0.4, -0.2) is 51.5 Å². The van der Waals surface area contributed by atoms with Crippen LogP contribution in [0.1, 0.15) is 64.7 Å². The van der Waals surface area contributed by atoms with Gasteiger partial charge in [0.1, 0.15) is 6.61 Å². The molecule has 0 aromatic rings. The molecule has 2 bridgehead atoms. The Labute approximate surface area is 171 Å². The largest absolute Gasteiger partial charge is 0.458 e. The van der Waals surface area contributed by atoms with Gasteiger partial charge in [-0.2, -0.15) is 0 Å². The van der Waals surface area contributed by atoms with Crippen LogP contribution < -0.4 is 0 Å². The summed E-state index contributed by atoms with van der Waals surface area (Å²) in [6.07, 6.45) is 7.10. The predicted octanol–water partition coefficient (Wildman–Crippen LogP) is 2.06. The zero-order valence-corrected chi connectivity index (χ0v) is 17.1. The van der Waals surface area contributed by atoms with Crippen molar-refractivity contribution in [3.63, 3.8) is 0 Å². The molecule has 0 unspecified atom stereocenters. The van der Waals surface area contributed by atoms with Crippen LogP contribution in [0, 0.1) is 28.6 Å². The van der Waals surface area contributed by atoms with Crippen molar-refractivity contribution < 1.29 is 29.6 Å². The minimum Gasteiger partial charge on any atom is -0.458 e. The topological polar surface area (TPSA) is 96.2 Å². The third-order valence-corrected chi connectivity index (χ3v) is 10.3. The molecule has 0 aromatic carbocycles. The fourth-order valence-corrected chi connectivity index (χ4v) is 9.19. The van der Waals surface area contributed by atoms with E-state index in [0.29, 0.717) is 44.1 Å². The average Bonchev–Trinajstić information content (AvgIpc) is 3.29. The van der Waals surface area contributed by atoms with Crippen LogP contribution in [0.3, 0.4) is 0 Å². The van der Waals surface area contributed by atoms with E-state index in [9.17, 15) is 20.1 Å². The van der Waals surface area contributed by atoms with Crippen LogP contribution in [0.2, 0.25) is 0 Å². The summed E-state index contributed by atoms with van der Waals surface area (Å²) in [7, 11) is 0. The van der Waals surface area contributed by atoms with E-state index in [1.807, 2.05) is 0 Å². The molecule has 0 amide bonds. The summed E-state index contributed by atoms with van der Waals surface area (Å²) < 4.78 is 11.8. The Morgan fingerprint density at radius 1 is 1.03 bits per heavy atom. The molecular formula is C23H32O6. The number of aliphatic hydroxyl groups is 3. The summed E-state index contributed by atoms with van der Waals surface area (Å²) in [4.78, 5) is 11.7. The zero-order chi connectivity index (χ0) is 20.2. The summed E-state index contributed by atoms with van der Waals surface area (Å²) in [6, 6.07) is 0. The first kappa shape index (κ1) is 18.8. The van der Waals surface area contributed by atoms with Crippen molar-refractivity contribution in [3.05, 3.63) is 11.6 Å². The lowest BCUT2D eigenvalue weighted by Gasteiger charge is -2.63. The molecule has 6 nitrogen and oxygen atoms in total. The maximum Gasteiger partial charge on any atom is 0.331 e. The van der Waals surface area contributed by atoms with Crippen LogP contribution in [0.5, 0.6) is 0 Å². The molecule has 6 rings (SSSR count). The highest BCUT2D eigenvalue weighted by molar-refractivity contribution is 5.85. The van der Waals surface area contributed by atoms with E-state index >= 15 is 0 Å². The molecule has 1 saturated heterocycles. The minimum atomic E-state index is -1.05. The summed E-state index contributed by atoms with van der Waals surface area (Å²) in [5.41, 5.74) is -0.967. The fourth-order valence-electron chi connectivity index (χ4n) is 9.19. The van der Waals surface area contributed by atoms with Crippen LogP contribution in [0.4, 0.5) is 0 Å². The van der Waals surface area contributed by atoms with E-state index in [1.165, 1.54) is 0 Å². The number of fused-ring (bicyclic) bond motifs is 1. The van der Waals surface area contributed by atoms with Gasteiger partial charge in [0.05, 0.1) is 22.7 Å². The summed E-state index contributed by atoms with van der Waals surface area (Å²) in [6.45, 7) is 2.75. The molecule has 6 aliphatic rings. The molecule has 3 N–H and O–H groups in total. The molecule has 4 saturated carbocycles. The first-order chi connectivity index (χ1) is 13.8. The number of hydrogen-bond acceptors (Lipinski definition) is 6. The van der Waals surface area contributed by atoms with E-state index < -0.39 is 29.0 Å². The number of rotatable bonds is 1. The van der Waals surface area contributed by atoms with Crippen LogP contribution in [0.15, 0.2) is 11.6 Å². The third kappa shape index (κ3) is 2.05. The van der Waals surface area contributed by atoms with Gasteiger partial charge in [0.25, 0.3) is 0 Å². The van der Waals surface area contributed by atoms with Gasteiger partial charge in [-0.05, 0) is 74.2 Å². The molecule has 4 aliphatic carbocycles. The zero-order valence-electron chi connectivity index (χ0n) is 17.1. The molecule has 5 fully saturated rings. The number of cyclic esters (lactones) is 1. The number of hydrogen-bond donors (Lipinski definition) is 3. The minimum absolute atomic E-state index is 0.0190. The van der Waals surface area contributed by atoms with Crippen molar-refractivity contribution in [2.75, 3.05) is 6.61 Å². The van der Waals surface area contributed by atoms with E-state index in [-0.39, 0.29) is 17.3 Å². The highest BCUT2D eigenvalue weighted by Crippen LogP contribution is 2.75. The van der Waals surface area contributed by atoms with Gasteiger partial charge in [0.2, 0.25) is 0 Å². The molecule has 2 aliphatic heterocycles. The van der Waals surface area contributed by atoms with Gasteiger partial charge in [-0.1, -0.05) is 6.92 Å². The lowest BCUT2D eigenvalue weighted by Crippen LogP contribution is -2.67. The van der Waals surface area contributed by atoms with Crippen molar-refractivity contribution in [2.24, 2.45) is 28.6 Å². The lowest BCUT2D eigenvalue weighted by atomic mass is 9.42. The molecule has 9 atom stereocenters. The number of carbonyl (C=O) groups is 1. The van der Waals surface area contributed by atoms with Gasteiger partial charge in [0, 0.05) is 18.4 Å². The lowest BCUT2D eigenvalue weighted by molar-refractivity contribution is -0.231. The smallest absolute Gasteiger partial charge is 0.331 e. The maximum absolute atomic E-state index is 11.7. The Balaban J connectivity index is 1.40. The normalized spacial score (nSPS) is 58.3. The SMILES string of the molecule is C[C@]12CC[C@@H]3[C@]4(CC[C@@]5(O)C[C@@H](O)CC[C@@]35[C@@H](O)O4)[C@H]1CC[C@H]2C1=CC(=O)OC1. The molecule has 1 spiro atoms. The van der Waals surface area contributed by atoms with Gasteiger partial charge >= 0.3 is 5.97 Å². The number of ether oxygens (including phenoxy) is 2. The van der Waals surface area contributed by atoms with E-state index in [2.05, 4.69) is 6.92 Å². The predicted molar refractivity (Wildman–Crippen MR) is 102 cm³/mol. The Hall–Kier alpha value is -0.950. The van der Waals surface area contributed by atoms with Crippen molar-refractivity contribution in [3.8, 4) is 0 Å². The second-order valence-electron chi connectivity index (χ2n) is 11.0. The standard InChI is InChI=1S/C23H32O6/c1-20-6-5-17-22-7-4-14(24)11-21(22,27)8-9-23(17,29-19(22)26)16(20)3-2-15(20)13-10-18(25)28-12-13/h10,14-17,19,24,26-27H,2-9,11-12H2,1H3/t14-,15-,16-,17-,19-,20+,21+,22-,23-/m0/s1. The maximum atomic E-state index is 11.7. The van der Waals surface area contributed by atoms with Gasteiger partial charge in [-0.25, -0.2) is 4.79 Å². The second-order valence-corrected chi connectivity index (χ2v) is 11.0. The van der Waals surface area contributed by atoms with Crippen LogP contribution in [0.25, 0.3) is 0 Å². The Bertz CT molecular complexity index is 794. The molecule has 160 valence electrons. The number of carbonyl (C=O) groups excluding carboxylic acids is 1. The summed E-state index contributed by atoms with van der Waals surface area (Å²) >= 11 is 0. The quantitative estimate of drug-likeness (QED) is 0.579. The summed E-state index contributed by atoms with van der Waals surface area (Å²) in [5, 5.41) is 33.1. The average molecular weight is 405 g/mol. The Kier molecular flexibility index (Phi) is 3.65. The molecule has 0 radical (unpaired) electrons. The van der Waals surface area contributed by atoms with Gasteiger partial charge in [-0.15, -0.1) is 0 Å². The van der Waals surface area contributed by atoms with Crippen LogP contribution >= 0.6 is 0 Å². The van der Waals surface area contributed by atoms with E-state index in [0.717, 1.165) is 37.7 Å². The highest BCUT2D eigenvalue weighted by Gasteiger charge is 2.79. The van der Waals surface area contributed by atoms with Crippen molar-refractivity contribution in [1.29, 1.82) is 0 Å². The Morgan fingerprint density at radius 3 is 2.62 bits per heavy atom. The van der Waals surface area contributed by atoms with Gasteiger partial charge < -0.3 is 24.8 Å². The number of esters is 1. The van der Waals surface area contributed by atoms with Crippen LogP contribution in [-0.2, 0) is 14.3 Å². The van der Waals surface area contributed by atoms with Gasteiger partial charge in [0.15, 0.2) is 6.29 Å². The molecule has 0 aromatic heterocycles. The number of aliphatic hydroxyl groups excluding tert-OH is 2. The van der Waals surface area contributed by atoms with Crippen molar-refractivity contribution in [2.45, 2.75) is 88.3 Å². The molecule has 6 heteroatoms. The van der Waals surface area contributed by atoms with Crippen molar-refractivity contribution >= 4 is 5.97 Å². The Morgan fingerprint density at radius 2 is 1.86 bits per heavy atom. The van der Waals surface area contributed by atoms with E-state index in [4.69, 9.17) is 9.47 Å². The van der Waals surface area contributed by atoms with Gasteiger partial charge in [-0.3, -0.25) is 0 Å². The second kappa shape index (κ2) is 5.64. The molecule has 29 heavy (non-hydrogen) atoms. The third-order valence-electron chi connectivity index (χ3n) is 10.3. The first-order valence-electron chi connectivity index (χ1n) is 11.4. The summed E-state index contributed by atoms with van der Waals surface area (Å²) in [5.74, 6) is 0.527. The van der Waals surface area contributed by atoms with Crippen molar-refractivity contribution in [1.82, 2.24) is 0 Å². The monoisotopic (exact) mass is 404 g/mol. The fraction of sp³-hybridized carbons (Fsp3) is 0.870. The molecular weight excluding hydrogens is 372 g/mol.